The highest BCUT2D eigenvalue weighted by atomic mass is 19.1. The summed E-state index contributed by atoms with van der Waals surface area (Å²) in [5.74, 6) is 9.82. The monoisotopic (exact) mass is 402 g/mol. The Bertz CT molecular complexity index is 836. The molecule has 2 fully saturated rings. The minimum Gasteiger partial charge on any atom is -0.207 e. The first-order valence-corrected chi connectivity index (χ1v) is 12.1. The molecule has 0 atom stereocenters. The fraction of sp³-hybridized carbons (Fsp3) is 0.517. The van der Waals surface area contributed by atoms with Crippen molar-refractivity contribution in [1.29, 1.82) is 0 Å². The Balaban J connectivity index is 1.27. The van der Waals surface area contributed by atoms with E-state index >= 15 is 0 Å². The van der Waals surface area contributed by atoms with Crippen molar-refractivity contribution in [2.75, 3.05) is 0 Å². The number of hydrogen-bond donors (Lipinski definition) is 0. The molecule has 0 nitrogen and oxygen atoms in total. The van der Waals surface area contributed by atoms with Gasteiger partial charge in [0.1, 0.15) is 5.82 Å². The first-order valence-electron chi connectivity index (χ1n) is 12.1. The molecule has 0 amide bonds. The van der Waals surface area contributed by atoms with Gasteiger partial charge in [-0.05, 0) is 104 Å². The van der Waals surface area contributed by atoms with Gasteiger partial charge >= 0.3 is 0 Å². The molecule has 158 valence electrons. The lowest BCUT2D eigenvalue weighted by Gasteiger charge is -2.38. The van der Waals surface area contributed by atoms with E-state index < -0.39 is 0 Å². The standard InChI is InChI=1S/C29H35F/c1-2-3-22-6-12-25(13-7-22)27-16-18-28(19-17-27)26-14-8-23(9-15-26)4-5-24-10-20-29(30)21-11-24/h8-11,14-15,20-22,25,27-28H,2-3,6-7,12-13,16-19H2,1H3. The van der Waals surface area contributed by atoms with Gasteiger partial charge in [-0.2, -0.15) is 0 Å². The van der Waals surface area contributed by atoms with Crippen molar-refractivity contribution in [3.63, 3.8) is 0 Å². The molecule has 0 aliphatic heterocycles. The van der Waals surface area contributed by atoms with Crippen LogP contribution < -0.4 is 0 Å². The van der Waals surface area contributed by atoms with Gasteiger partial charge in [-0.1, -0.05) is 56.6 Å². The highest BCUT2D eigenvalue weighted by molar-refractivity contribution is 5.43. The average molecular weight is 403 g/mol. The molecular formula is C29H35F. The summed E-state index contributed by atoms with van der Waals surface area (Å²) in [5.41, 5.74) is 3.36. The first kappa shape index (κ1) is 21.2. The van der Waals surface area contributed by atoms with Crippen LogP contribution in [0.25, 0.3) is 0 Å². The zero-order chi connectivity index (χ0) is 20.8. The molecule has 1 heteroatoms. The number of rotatable bonds is 4. The maximum absolute atomic E-state index is 13.0. The van der Waals surface area contributed by atoms with Crippen molar-refractivity contribution >= 4 is 0 Å². The maximum Gasteiger partial charge on any atom is 0.123 e. The molecule has 4 rings (SSSR count). The van der Waals surface area contributed by atoms with E-state index in [0.717, 1.165) is 34.8 Å². The van der Waals surface area contributed by atoms with Gasteiger partial charge in [0.2, 0.25) is 0 Å². The molecule has 0 spiro atoms. The van der Waals surface area contributed by atoms with E-state index in [1.165, 1.54) is 81.9 Å². The van der Waals surface area contributed by atoms with Crippen molar-refractivity contribution in [2.45, 2.75) is 77.0 Å². The molecule has 0 N–H and O–H groups in total. The van der Waals surface area contributed by atoms with Gasteiger partial charge in [-0.3, -0.25) is 0 Å². The molecule has 30 heavy (non-hydrogen) atoms. The number of benzene rings is 2. The second kappa shape index (κ2) is 10.3. The van der Waals surface area contributed by atoms with Crippen LogP contribution in [0.1, 0.15) is 93.7 Å². The van der Waals surface area contributed by atoms with Crippen LogP contribution in [0.2, 0.25) is 0 Å². The minimum atomic E-state index is -0.219. The average Bonchev–Trinajstić information content (AvgIpc) is 2.80. The van der Waals surface area contributed by atoms with Gasteiger partial charge in [0.25, 0.3) is 0 Å². The number of hydrogen-bond acceptors (Lipinski definition) is 0. The Morgan fingerprint density at radius 3 is 1.73 bits per heavy atom. The van der Waals surface area contributed by atoms with Crippen molar-refractivity contribution in [2.24, 2.45) is 17.8 Å². The molecule has 2 aromatic carbocycles. The summed E-state index contributed by atoms with van der Waals surface area (Å²) in [4.78, 5) is 0. The lowest BCUT2D eigenvalue weighted by molar-refractivity contribution is 0.156. The minimum absolute atomic E-state index is 0.219. The van der Waals surface area contributed by atoms with Crippen LogP contribution in [0.5, 0.6) is 0 Å². The van der Waals surface area contributed by atoms with Crippen molar-refractivity contribution in [1.82, 2.24) is 0 Å². The van der Waals surface area contributed by atoms with Gasteiger partial charge in [-0.15, -0.1) is 0 Å². The smallest absolute Gasteiger partial charge is 0.123 e. The zero-order valence-electron chi connectivity index (χ0n) is 18.4. The van der Waals surface area contributed by atoms with Crippen molar-refractivity contribution in [3.05, 3.63) is 71.0 Å². The van der Waals surface area contributed by atoms with Crippen LogP contribution >= 0.6 is 0 Å². The van der Waals surface area contributed by atoms with Crippen molar-refractivity contribution in [3.8, 4) is 11.8 Å². The summed E-state index contributed by atoms with van der Waals surface area (Å²) < 4.78 is 13.0. The molecule has 2 aliphatic carbocycles. The van der Waals surface area contributed by atoms with E-state index in [2.05, 4.69) is 43.0 Å². The quantitative estimate of drug-likeness (QED) is 0.453. The fourth-order valence-corrected chi connectivity index (χ4v) is 5.80. The Labute approximate surface area is 182 Å². The molecule has 2 aliphatic rings. The molecule has 0 aromatic heterocycles. The highest BCUT2D eigenvalue weighted by Gasteiger charge is 2.31. The Hall–Kier alpha value is -2.07. The lowest BCUT2D eigenvalue weighted by atomic mass is 9.68. The first-order chi connectivity index (χ1) is 14.7. The van der Waals surface area contributed by atoms with Crippen LogP contribution in [0.4, 0.5) is 4.39 Å². The molecule has 0 heterocycles. The van der Waals surface area contributed by atoms with Crippen LogP contribution in [0, 0.1) is 35.4 Å². The van der Waals surface area contributed by atoms with Crippen LogP contribution in [0.3, 0.4) is 0 Å². The molecule has 0 saturated heterocycles. The molecule has 0 unspecified atom stereocenters. The zero-order valence-corrected chi connectivity index (χ0v) is 18.4. The third kappa shape index (κ3) is 5.54. The summed E-state index contributed by atoms with van der Waals surface area (Å²) in [6, 6.07) is 15.2. The fourth-order valence-electron chi connectivity index (χ4n) is 5.80. The van der Waals surface area contributed by atoms with Crippen LogP contribution in [-0.4, -0.2) is 0 Å². The summed E-state index contributed by atoms with van der Waals surface area (Å²) in [5, 5.41) is 0. The molecular weight excluding hydrogens is 367 g/mol. The van der Waals surface area contributed by atoms with Gasteiger partial charge < -0.3 is 0 Å². The molecule has 0 bridgehead atoms. The van der Waals surface area contributed by atoms with Crippen LogP contribution in [-0.2, 0) is 0 Å². The van der Waals surface area contributed by atoms with E-state index in [-0.39, 0.29) is 5.82 Å². The number of halogens is 1. The van der Waals surface area contributed by atoms with E-state index in [1.807, 2.05) is 0 Å². The summed E-state index contributed by atoms with van der Waals surface area (Å²) >= 11 is 0. The third-order valence-electron chi connectivity index (χ3n) is 7.60. The Kier molecular flexibility index (Phi) is 7.27. The van der Waals surface area contributed by atoms with Gasteiger partial charge in [0.15, 0.2) is 0 Å². The summed E-state index contributed by atoms with van der Waals surface area (Å²) in [6.07, 6.45) is 14.3. The van der Waals surface area contributed by atoms with E-state index in [9.17, 15) is 4.39 Å². The van der Waals surface area contributed by atoms with Crippen molar-refractivity contribution < 1.29 is 4.39 Å². The van der Waals surface area contributed by atoms with Crippen LogP contribution in [0.15, 0.2) is 48.5 Å². The molecule has 2 saturated carbocycles. The Morgan fingerprint density at radius 1 is 0.700 bits per heavy atom. The third-order valence-corrected chi connectivity index (χ3v) is 7.60. The summed E-state index contributed by atoms with van der Waals surface area (Å²) in [7, 11) is 0. The molecule has 0 radical (unpaired) electrons. The topological polar surface area (TPSA) is 0 Å². The second-order valence-corrected chi connectivity index (χ2v) is 9.56. The maximum atomic E-state index is 13.0. The predicted molar refractivity (Wildman–Crippen MR) is 124 cm³/mol. The van der Waals surface area contributed by atoms with Gasteiger partial charge in [0.05, 0.1) is 0 Å². The van der Waals surface area contributed by atoms with Gasteiger partial charge in [0, 0.05) is 11.1 Å². The largest absolute Gasteiger partial charge is 0.207 e. The van der Waals surface area contributed by atoms with E-state index in [0.29, 0.717) is 0 Å². The van der Waals surface area contributed by atoms with E-state index in [1.54, 1.807) is 12.1 Å². The van der Waals surface area contributed by atoms with E-state index in [4.69, 9.17) is 0 Å². The Morgan fingerprint density at radius 2 is 1.20 bits per heavy atom. The SMILES string of the molecule is CCCC1CCC(C2CCC(c3ccc(C#Cc4ccc(F)cc4)cc3)CC2)CC1. The second-order valence-electron chi connectivity index (χ2n) is 9.56. The normalized spacial score (nSPS) is 26.6. The van der Waals surface area contributed by atoms with Gasteiger partial charge in [-0.25, -0.2) is 4.39 Å². The lowest BCUT2D eigenvalue weighted by Crippen LogP contribution is -2.25. The summed E-state index contributed by atoms with van der Waals surface area (Å²) in [6.45, 7) is 2.33. The molecule has 2 aromatic rings. The predicted octanol–water partition coefficient (Wildman–Crippen LogP) is 8.11. The highest BCUT2D eigenvalue weighted by Crippen LogP contribution is 2.44.